The molecule has 2 N–H and O–H groups in total. The summed E-state index contributed by atoms with van der Waals surface area (Å²) in [5, 5.41) is 9.83. The Kier molecular flexibility index (Phi) is 4.99. The van der Waals surface area contributed by atoms with E-state index in [2.05, 4.69) is 0 Å². The molecule has 0 aliphatic carbocycles. The molecule has 3 aromatic rings. The van der Waals surface area contributed by atoms with Gasteiger partial charge >= 0.3 is 0 Å². The van der Waals surface area contributed by atoms with Gasteiger partial charge in [0.1, 0.15) is 0 Å². The van der Waals surface area contributed by atoms with E-state index in [0.29, 0.717) is 29.4 Å². The fourth-order valence-electron chi connectivity index (χ4n) is 2.95. The number of methoxy groups -OCH3 is 3. The molecule has 0 atom stereocenters. The number of benzene rings is 2. The van der Waals surface area contributed by atoms with Gasteiger partial charge in [-0.25, -0.2) is 5.48 Å². The third kappa shape index (κ3) is 3.16. The molecule has 7 nitrogen and oxygen atoms in total. The molecule has 26 heavy (non-hydrogen) atoms. The minimum Gasteiger partial charge on any atom is -0.493 e. The van der Waals surface area contributed by atoms with Gasteiger partial charge in [0.05, 0.1) is 21.3 Å². The number of nitrogens with one attached hydrogen (secondary N) is 1. The summed E-state index contributed by atoms with van der Waals surface area (Å²) in [6, 6.07) is 11.0. The number of nitrogens with zero attached hydrogens (tertiary/aromatic N) is 1. The van der Waals surface area contributed by atoms with E-state index in [1.807, 2.05) is 35.0 Å². The molecule has 7 heteroatoms. The summed E-state index contributed by atoms with van der Waals surface area (Å²) in [6.45, 7) is 0.546. The van der Waals surface area contributed by atoms with E-state index in [1.165, 1.54) is 0 Å². The molecule has 0 unspecified atom stereocenters. The van der Waals surface area contributed by atoms with Crippen molar-refractivity contribution in [2.24, 2.45) is 0 Å². The summed E-state index contributed by atoms with van der Waals surface area (Å²) in [5.74, 6) is 1.16. The molecule has 0 aliphatic rings. The van der Waals surface area contributed by atoms with Crippen molar-refractivity contribution in [3.63, 3.8) is 0 Å². The molecule has 0 fully saturated rings. The summed E-state index contributed by atoms with van der Waals surface area (Å²) in [4.78, 5) is 11.7. The van der Waals surface area contributed by atoms with Gasteiger partial charge in [-0.3, -0.25) is 10.0 Å². The summed E-state index contributed by atoms with van der Waals surface area (Å²) < 4.78 is 18.1. The van der Waals surface area contributed by atoms with Crippen molar-refractivity contribution >= 4 is 16.8 Å². The van der Waals surface area contributed by atoms with Crippen LogP contribution in [0, 0.1) is 0 Å². The third-order valence-electron chi connectivity index (χ3n) is 4.22. The van der Waals surface area contributed by atoms with Gasteiger partial charge in [0.15, 0.2) is 11.5 Å². The maximum Gasteiger partial charge on any atom is 0.274 e. The van der Waals surface area contributed by atoms with Crippen LogP contribution < -0.4 is 19.7 Å². The van der Waals surface area contributed by atoms with E-state index in [4.69, 9.17) is 19.4 Å². The van der Waals surface area contributed by atoms with Gasteiger partial charge in [-0.1, -0.05) is 6.07 Å². The number of aromatic nitrogens is 1. The van der Waals surface area contributed by atoms with Crippen molar-refractivity contribution in [2.45, 2.75) is 6.54 Å². The van der Waals surface area contributed by atoms with Gasteiger partial charge in [-0.05, 0) is 41.3 Å². The van der Waals surface area contributed by atoms with Gasteiger partial charge in [0.25, 0.3) is 5.91 Å². The van der Waals surface area contributed by atoms with Crippen LogP contribution in [-0.2, 0) is 6.54 Å². The highest BCUT2D eigenvalue weighted by molar-refractivity contribution is 5.97. The second-order valence-electron chi connectivity index (χ2n) is 5.69. The van der Waals surface area contributed by atoms with E-state index in [-0.39, 0.29) is 0 Å². The minimum absolute atomic E-state index is 0.379. The van der Waals surface area contributed by atoms with Crippen LogP contribution in [-0.4, -0.2) is 37.0 Å². The highest BCUT2D eigenvalue weighted by Crippen LogP contribution is 2.38. The SMILES string of the molecule is COc1cc(Cn2ccc3ccc(C(=O)NO)cc32)cc(OC)c1OC. The number of hydrogen-bond acceptors (Lipinski definition) is 5. The Morgan fingerprint density at radius 2 is 1.73 bits per heavy atom. The van der Waals surface area contributed by atoms with E-state index in [1.54, 1.807) is 38.9 Å². The van der Waals surface area contributed by atoms with Crippen molar-refractivity contribution in [2.75, 3.05) is 21.3 Å². The van der Waals surface area contributed by atoms with Crippen LogP contribution in [0.3, 0.4) is 0 Å². The fourth-order valence-corrected chi connectivity index (χ4v) is 2.95. The quantitative estimate of drug-likeness (QED) is 0.524. The average molecular weight is 356 g/mol. The number of ether oxygens (including phenoxy) is 3. The lowest BCUT2D eigenvalue weighted by Crippen LogP contribution is -2.18. The Morgan fingerprint density at radius 1 is 1.04 bits per heavy atom. The van der Waals surface area contributed by atoms with Gasteiger partial charge in [0, 0.05) is 23.8 Å². The van der Waals surface area contributed by atoms with E-state index in [0.717, 1.165) is 16.5 Å². The molecule has 1 heterocycles. The van der Waals surface area contributed by atoms with Crippen LogP contribution in [0.15, 0.2) is 42.6 Å². The lowest BCUT2D eigenvalue weighted by atomic mass is 10.1. The molecule has 1 aromatic heterocycles. The Balaban J connectivity index is 2.02. The number of hydroxylamine groups is 1. The van der Waals surface area contributed by atoms with Crippen molar-refractivity contribution in [1.29, 1.82) is 0 Å². The number of hydrogen-bond donors (Lipinski definition) is 2. The van der Waals surface area contributed by atoms with Crippen LogP contribution in [0.1, 0.15) is 15.9 Å². The molecular formula is C19H20N2O5. The normalized spacial score (nSPS) is 10.6. The standard InChI is InChI=1S/C19H20N2O5/c1-24-16-8-12(9-17(25-2)18(16)26-3)11-21-7-6-13-4-5-14(10-15(13)21)19(22)20-23/h4-10,23H,11H2,1-3H3,(H,20,22). The predicted molar refractivity (Wildman–Crippen MR) is 96.4 cm³/mol. The largest absolute Gasteiger partial charge is 0.493 e. The molecule has 3 rings (SSSR count). The minimum atomic E-state index is -0.549. The molecule has 0 aliphatic heterocycles. The summed E-state index contributed by atoms with van der Waals surface area (Å²) in [5.41, 5.74) is 3.86. The second-order valence-corrected chi connectivity index (χ2v) is 5.69. The van der Waals surface area contributed by atoms with Crippen LogP contribution in [0.2, 0.25) is 0 Å². The maximum atomic E-state index is 11.7. The van der Waals surface area contributed by atoms with Gasteiger partial charge in [-0.2, -0.15) is 0 Å². The molecule has 1 amide bonds. The molecule has 2 aromatic carbocycles. The van der Waals surface area contributed by atoms with Gasteiger partial charge < -0.3 is 18.8 Å². The zero-order valence-electron chi connectivity index (χ0n) is 14.8. The molecule has 0 bridgehead atoms. The zero-order valence-corrected chi connectivity index (χ0v) is 14.8. The molecule has 0 saturated heterocycles. The zero-order chi connectivity index (χ0) is 18.7. The first kappa shape index (κ1) is 17.6. The summed E-state index contributed by atoms with van der Waals surface area (Å²) in [6.07, 6.45) is 1.94. The molecule has 136 valence electrons. The number of carbonyl (C=O) groups excluding carboxylic acids is 1. The first-order valence-corrected chi connectivity index (χ1v) is 7.93. The highest BCUT2D eigenvalue weighted by atomic mass is 16.5. The van der Waals surface area contributed by atoms with Gasteiger partial charge in [0.2, 0.25) is 5.75 Å². The smallest absolute Gasteiger partial charge is 0.274 e. The predicted octanol–water partition coefficient (Wildman–Crippen LogP) is 2.83. The lowest BCUT2D eigenvalue weighted by molar-refractivity contribution is 0.0706. The fraction of sp³-hybridized carbons (Fsp3) is 0.211. The Bertz CT molecular complexity index is 923. The van der Waals surface area contributed by atoms with Crippen LogP contribution >= 0.6 is 0 Å². The summed E-state index contributed by atoms with van der Waals surface area (Å²) >= 11 is 0. The van der Waals surface area contributed by atoms with E-state index < -0.39 is 5.91 Å². The molecule has 0 spiro atoms. The topological polar surface area (TPSA) is 82.0 Å². The van der Waals surface area contributed by atoms with Gasteiger partial charge in [-0.15, -0.1) is 0 Å². The monoisotopic (exact) mass is 356 g/mol. The first-order chi connectivity index (χ1) is 12.6. The van der Waals surface area contributed by atoms with Crippen molar-refractivity contribution < 1.29 is 24.2 Å². The van der Waals surface area contributed by atoms with E-state index >= 15 is 0 Å². The highest BCUT2D eigenvalue weighted by Gasteiger charge is 2.14. The number of amides is 1. The molecule has 0 radical (unpaired) electrons. The maximum absolute atomic E-state index is 11.7. The lowest BCUT2D eigenvalue weighted by Gasteiger charge is -2.15. The Labute approximate surface area is 150 Å². The average Bonchev–Trinajstić information content (AvgIpc) is 3.08. The Morgan fingerprint density at radius 3 is 2.31 bits per heavy atom. The van der Waals surface area contributed by atoms with Crippen LogP contribution in [0.5, 0.6) is 17.2 Å². The third-order valence-corrected chi connectivity index (χ3v) is 4.22. The summed E-state index contributed by atoms with van der Waals surface area (Å²) in [7, 11) is 4.71. The molecular weight excluding hydrogens is 336 g/mol. The number of fused-ring (bicyclic) bond motifs is 1. The Hall–Kier alpha value is -3.19. The van der Waals surface area contributed by atoms with E-state index in [9.17, 15) is 4.79 Å². The van der Waals surface area contributed by atoms with Crippen LogP contribution in [0.25, 0.3) is 10.9 Å². The van der Waals surface area contributed by atoms with Crippen molar-refractivity contribution in [3.8, 4) is 17.2 Å². The number of carbonyl (C=O) groups is 1. The van der Waals surface area contributed by atoms with Crippen molar-refractivity contribution in [3.05, 3.63) is 53.7 Å². The second kappa shape index (κ2) is 7.37. The van der Waals surface area contributed by atoms with Crippen LogP contribution in [0.4, 0.5) is 0 Å². The molecule has 0 saturated carbocycles. The number of rotatable bonds is 6. The first-order valence-electron chi connectivity index (χ1n) is 7.93. The van der Waals surface area contributed by atoms with Crippen molar-refractivity contribution in [1.82, 2.24) is 10.0 Å².